The minimum Gasteiger partial charge on any atom is -0.336 e. The van der Waals surface area contributed by atoms with Gasteiger partial charge >= 0.3 is 0 Å². The van der Waals surface area contributed by atoms with E-state index in [1.54, 1.807) is 18.5 Å². The fraction of sp³-hybridized carbons (Fsp3) is 0.571. The lowest BCUT2D eigenvalue weighted by Crippen LogP contribution is -2.54. The van der Waals surface area contributed by atoms with Crippen LogP contribution in [0.1, 0.15) is 31.1 Å². The first-order chi connectivity index (χ1) is 8.48. The van der Waals surface area contributed by atoms with E-state index in [4.69, 9.17) is 0 Å². The fourth-order valence-electron chi connectivity index (χ4n) is 2.25. The number of amides is 1. The van der Waals surface area contributed by atoms with Crippen molar-refractivity contribution in [3.05, 3.63) is 30.1 Å². The van der Waals surface area contributed by atoms with E-state index in [0.717, 1.165) is 26.2 Å². The van der Waals surface area contributed by atoms with E-state index in [2.05, 4.69) is 30.7 Å². The Bertz CT molecular complexity index is 403. The third kappa shape index (κ3) is 2.88. The summed E-state index contributed by atoms with van der Waals surface area (Å²) in [6, 6.07) is 3.63. The van der Waals surface area contributed by atoms with Crippen molar-refractivity contribution in [2.24, 2.45) is 0 Å². The number of pyridine rings is 1. The summed E-state index contributed by atoms with van der Waals surface area (Å²) in [5.74, 6) is 0.0941. The van der Waals surface area contributed by atoms with Crippen LogP contribution in [0, 0.1) is 0 Å². The predicted octanol–water partition coefficient (Wildman–Crippen LogP) is 1.64. The first kappa shape index (κ1) is 13.0. The van der Waals surface area contributed by atoms with Crippen LogP contribution in [0.15, 0.2) is 24.5 Å². The number of piperazine rings is 1. The standard InChI is InChI=1S/C14H21N3O/c1-14(2,3)17-9-7-16(8-10-17)13(18)12-5-4-6-15-11-12/h4-6,11H,7-10H2,1-3H3. The Hall–Kier alpha value is -1.42. The summed E-state index contributed by atoms with van der Waals surface area (Å²) in [5, 5.41) is 0. The number of hydrogen-bond donors (Lipinski definition) is 0. The normalized spacial score (nSPS) is 17.8. The molecule has 0 N–H and O–H groups in total. The predicted molar refractivity (Wildman–Crippen MR) is 71.5 cm³/mol. The maximum atomic E-state index is 12.2. The topological polar surface area (TPSA) is 36.4 Å². The summed E-state index contributed by atoms with van der Waals surface area (Å²) in [7, 11) is 0. The van der Waals surface area contributed by atoms with Gasteiger partial charge in [-0.1, -0.05) is 0 Å². The number of nitrogens with zero attached hydrogens (tertiary/aromatic N) is 3. The minimum atomic E-state index is 0.0941. The van der Waals surface area contributed by atoms with Crippen LogP contribution >= 0.6 is 0 Å². The molecule has 0 unspecified atom stereocenters. The highest BCUT2D eigenvalue weighted by Crippen LogP contribution is 2.16. The Morgan fingerprint density at radius 1 is 1.22 bits per heavy atom. The number of aromatic nitrogens is 1. The third-order valence-electron chi connectivity index (χ3n) is 3.42. The van der Waals surface area contributed by atoms with Crippen LogP contribution in [0.25, 0.3) is 0 Å². The molecule has 1 aromatic rings. The summed E-state index contributed by atoms with van der Waals surface area (Å²) >= 11 is 0. The largest absolute Gasteiger partial charge is 0.336 e. The van der Waals surface area contributed by atoms with Crippen LogP contribution in [-0.4, -0.2) is 52.4 Å². The van der Waals surface area contributed by atoms with Gasteiger partial charge < -0.3 is 4.90 Å². The molecule has 0 aliphatic carbocycles. The van der Waals surface area contributed by atoms with Crippen LogP contribution in [0.4, 0.5) is 0 Å². The molecule has 0 atom stereocenters. The molecule has 2 heterocycles. The molecule has 98 valence electrons. The van der Waals surface area contributed by atoms with E-state index in [0.29, 0.717) is 5.56 Å². The molecule has 4 heteroatoms. The summed E-state index contributed by atoms with van der Waals surface area (Å²) in [5.41, 5.74) is 0.866. The number of carbonyl (C=O) groups excluding carboxylic acids is 1. The van der Waals surface area contributed by atoms with Crippen molar-refractivity contribution >= 4 is 5.91 Å². The van der Waals surface area contributed by atoms with Gasteiger partial charge in [0.1, 0.15) is 0 Å². The zero-order valence-corrected chi connectivity index (χ0v) is 11.4. The van der Waals surface area contributed by atoms with Gasteiger partial charge in [-0.15, -0.1) is 0 Å². The number of hydrogen-bond acceptors (Lipinski definition) is 3. The van der Waals surface area contributed by atoms with E-state index >= 15 is 0 Å². The van der Waals surface area contributed by atoms with Gasteiger partial charge in [0.05, 0.1) is 5.56 Å². The molecule has 0 spiro atoms. The smallest absolute Gasteiger partial charge is 0.255 e. The SMILES string of the molecule is CC(C)(C)N1CCN(C(=O)c2cccnc2)CC1. The Balaban J connectivity index is 1.96. The van der Waals surface area contributed by atoms with Gasteiger partial charge in [-0.25, -0.2) is 0 Å². The average molecular weight is 247 g/mol. The molecule has 2 rings (SSSR count). The first-order valence-corrected chi connectivity index (χ1v) is 6.43. The van der Waals surface area contributed by atoms with Gasteiger partial charge in [0.2, 0.25) is 0 Å². The summed E-state index contributed by atoms with van der Waals surface area (Å²) in [6.45, 7) is 10.1. The van der Waals surface area contributed by atoms with Crippen molar-refractivity contribution in [2.45, 2.75) is 26.3 Å². The lowest BCUT2D eigenvalue weighted by molar-refractivity contribution is 0.0451. The van der Waals surface area contributed by atoms with Crippen LogP contribution in [0.5, 0.6) is 0 Å². The molecule has 18 heavy (non-hydrogen) atoms. The van der Waals surface area contributed by atoms with Crippen molar-refractivity contribution in [3.8, 4) is 0 Å². The van der Waals surface area contributed by atoms with Crippen LogP contribution in [-0.2, 0) is 0 Å². The van der Waals surface area contributed by atoms with Crippen molar-refractivity contribution in [2.75, 3.05) is 26.2 Å². The molecule has 1 aromatic heterocycles. The van der Waals surface area contributed by atoms with Gasteiger partial charge in [-0.05, 0) is 32.9 Å². The molecule has 4 nitrogen and oxygen atoms in total. The van der Waals surface area contributed by atoms with Gasteiger partial charge in [-0.3, -0.25) is 14.7 Å². The molecule has 1 amide bonds. The number of rotatable bonds is 1. The average Bonchev–Trinajstić information content (AvgIpc) is 2.38. The molecule has 1 fully saturated rings. The lowest BCUT2D eigenvalue weighted by atomic mass is 10.0. The molecule has 1 aliphatic rings. The second-order valence-corrected chi connectivity index (χ2v) is 5.69. The monoisotopic (exact) mass is 247 g/mol. The van der Waals surface area contributed by atoms with Crippen molar-refractivity contribution < 1.29 is 4.79 Å². The van der Waals surface area contributed by atoms with Crippen LogP contribution in [0.3, 0.4) is 0 Å². The Labute approximate surface area is 109 Å². The van der Waals surface area contributed by atoms with E-state index in [9.17, 15) is 4.79 Å². The molecule has 0 saturated carbocycles. The second-order valence-electron chi connectivity index (χ2n) is 5.69. The molecule has 1 saturated heterocycles. The molecular formula is C14H21N3O. The molecule has 0 aromatic carbocycles. The maximum absolute atomic E-state index is 12.2. The lowest BCUT2D eigenvalue weighted by Gasteiger charge is -2.42. The van der Waals surface area contributed by atoms with E-state index in [1.807, 2.05) is 11.0 Å². The van der Waals surface area contributed by atoms with Gasteiger partial charge in [0.15, 0.2) is 0 Å². The molecule has 0 bridgehead atoms. The van der Waals surface area contributed by atoms with Crippen LogP contribution in [0.2, 0.25) is 0 Å². The second kappa shape index (κ2) is 5.06. The molecule has 1 aliphatic heterocycles. The maximum Gasteiger partial charge on any atom is 0.255 e. The van der Waals surface area contributed by atoms with Crippen LogP contribution < -0.4 is 0 Å². The zero-order chi connectivity index (χ0) is 13.2. The van der Waals surface area contributed by atoms with Gasteiger partial charge in [-0.2, -0.15) is 0 Å². The quantitative estimate of drug-likeness (QED) is 0.757. The molecular weight excluding hydrogens is 226 g/mol. The number of carbonyl (C=O) groups is 1. The molecule has 0 radical (unpaired) electrons. The van der Waals surface area contributed by atoms with E-state index in [-0.39, 0.29) is 11.4 Å². The zero-order valence-electron chi connectivity index (χ0n) is 11.4. The van der Waals surface area contributed by atoms with E-state index in [1.165, 1.54) is 0 Å². The third-order valence-corrected chi connectivity index (χ3v) is 3.42. The summed E-state index contributed by atoms with van der Waals surface area (Å²) < 4.78 is 0. The highest BCUT2D eigenvalue weighted by molar-refractivity contribution is 5.93. The van der Waals surface area contributed by atoms with Gasteiger partial charge in [0, 0.05) is 44.1 Å². The van der Waals surface area contributed by atoms with Gasteiger partial charge in [0.25, 0.3) is 5.91 Å². The Morgan fingerprint density at radius 3 is 2.39 bits per heavy atom. The highest BCUT2D eigenvalue weighted by atomic mass is 16.2. The minimum absolute atomic E-state index is 0.0941. The Kier molecular flexibility index (Phi) is 3.66. The summed E-state index contributed by atoms with van der Waals surface area (Å²) in [6.07, 6.45) is 3.33. The fourth-order valence-corrected chi connectivity index (χ4v) is 2.25. The Morgan fingerprint density at radius 2 is 1.89 bits per heavy atom. The van der Waals surface area contributed by atoms with Crippen molar-refractivity contribution in [1.82, 2.24) is 14.8 Å². The van der Waals surface area contributed by atoms with Crippen molar-refractivity contribution in [3.63, 3.8) is 0 Å². The van der Waals surface area contributed by atoms with E-state index < -0.39 is 0 Å². The first-order valence-electron chi connectivity index (χ1n) is 6.43. The highest BCUT2D eigenvalue weighted by Gasteiger charge is 2.28. The summed E-state index contributed by atoms with van der Waals surface area (Å²) in [4.78, 5) is 20.6. The van der Waals surface area contributed by atoms with Crippen molar-refractivity contribution in [1.29, 1.82) is 0 Å².